The summed E-state index contributed by atoms with van der Waals surface area (Å²) in [6.45, 7) is 4.41. The summed E-state index contributed by atoms with van der Waals surface area (Å²) in [4.78, 5) is 11.8. The predicted molar refractivity (Wildman–Crippen MR) is 139 cm³/mol. The number of rotatable bonds is 5. The average Bonchev–Trinajstić information content (AvgIpc) is 3.47. The number of esters is 1. The monoisotopic (exact) mass is 550 g/mol. The molecule has 220 valence electrons. The van der Waals surface area contributed by atoms with E-state index in [0.717, 1.165) is 63.4 Å². The second-order valence-electron chi connectivity index (χ2n) is 13.6. The summed E-state index contributed by atoms with van der Waals surface area (Å²) in [6, 6.07) is 0. The molecule has 13 atom stereocenters. The summed E-state index contributed by atoms with van der Waals surface area (Å²) in [6.07, 6.45) is 4.91. The van der Waals surface area contributed by atoms with Crippen molar-refractivity contribution in [1.29, 1.82) is 0 Å². The Morgan fingerprint density at radius 2 is 1.85 bits per heavy atom. The third-order valence-electron chi connectivity index (χ3n) is 12.3. The Balaban J connectivity index is 1.18. The number of ether oxygens (including phenoxy) is 4. The molecule has 0 amide bonds. The molecule has 0 aromatic heterocycles. The van der Waals surface area contributed by atoms with Gasteiger partial charge in [0, 0.05) is 25.2 Å². The van der Waals surface area contributed by atoms with Gasteiger partial charge in [-0.2, -0.15) is 0 Å². The third-order valence-corrected chi connectivity index (χ3v) is 12.3. The van der Waals surface area contributed by atoms with E-state index in [1.54, 1.807) is 13.0 Å². The summed E-state index contributed by atoms with van der Waals surface area (Å²) in [5.41, 5.74) is -0.343. The van der Waals surface area contributed by atoms with E-state index in [-0.39, 0.29) is 53.2 Å². The lowest BCUT2D eigenvalue weighted by Gasteiger charge is -2.64. The van der Waals surface area contributed by atoms with Crippen molar-refractivity contribution in [2.24, 2.45) is 34.5 Å². The van der Waals surface area contributed by atoms with Crippen molar-refractivity contribution in [1.82, 2.24) is 0 Å². The van der Waals surface area contributed by atoms with Gasteiger partial charge in [0.2, 0.25) is 0 Å². The number of fused-ring (bicyclic) bond motifs is 5. The molecule has 1 saturated heterocycles. The van der Waals surface area contributed by atoms with Gasteiger partial charge in [-0.05, 0) is 99.4 Å². The number of aliphatic hydroxyl groups excluding tert-OH is 3. The molecule has 4 N–H and O–H groups in total. The van der Waals surface area contributed by atoms with Crippen LogP contribution in [0, 0.1) is 34.5 Å². The summed E-state index contributed by atoms with van der Waals surface area (Å²) < 4.78 is 22.7. The van der Waals surface area contributed by atoms with E-state index in [9.17, 15) is 25.2 Å². The number of carbonyl (C=O) groups is 1. The van der Waals surface area contributed by atoms with Gasteiger partial charge >= 0.3 is 5.97 Å². The maximum atomic E-state index is 12.4. The zero-order chi connectivity index (χ0) is 27.7. The first-order valence-electron chi connectivity index (χ1n) is 15.0. The number of aliphatic hydroxyl groups is 4. The summed E-state index contributed by atoms with van der Waals surface area (Å²) in [5, 5.41) is 44.4. The molecule has 2 aliphatic heterocycles. The molecule has 0 radical (unpaired) electrons. The van der Waals surface area contributed by atoms with Crippen molar-refractivity contribution in [3.05, 3.63) is 11.6 Å². The van der Waals surface area contributed by atoms with Crippen molar-refractivity contribution in [2.75, 3.05) is 20.3 Å². The van der Waals surface area contributed by atoms with Crippen LogP contribution in [0.4, 0.5) is 0 Å². The van der Waals surface area contributed by atoms with Crippen LogP contribution >= 0.6 is 0 Å². The molecule has 6 rings (SSSR count). The fourth-order valence-corrected chi connectivity index (χ4v) is 10.2. The minimum absolute atomic E-state index is 0.104. The highest BCUT2D eigenvalue weighted by atomic mass is 16.7. The lowest BCUT2D eigenvalue weighted by Crippen LogP contribution is -2.64. The lowest BCUT2D eigenvalue weighted by molar-refractivity contribution is -0.314. The normalized spacial score (nSPS) is 53.4. The van der Waals surface area contributed by atoms with Crippen LogP contribution in [-0.4, -0.2) is 89.1 Å². The zero-order valence-corrected chi connectivity index (χ0v) is 23.5. The van der Waals surface area contributed by atoms with Crippen molar-refractivity contribution in [3.8, 4) is 0 Å². The van der Waals surface area contributed by atoms with Crippen LogP contribution in [0.1, 0.15) is 71.6 Å². The van der Waals surface area contributed by atoms with E-state index in [4.69, 9.17) is 18.9 Å². The van der Waals surface area contributed by atoms with E-state index in [1.807, 2.05) is 0 Å². The summed E-state index contributed by atoms with van der Waals surface area (Å²) in [7, 11) is 1.47. The Morgan fingerprint density at radius 1 is 1.05 bits per heavy atom. The molecule has 0 bridgehead atoms. The summed E-state index contributed by atoms with van der Waals surface area (Å²) >= 11 is 0. The highest BCUT2D eigenvalue weighted by molar-refractivity contribution is 5.85. The van der Waals surface area contributed by atoms with Gasteiger partial charge in [-0.1, -0.05) is 6.92 Å². The van der Waals surface area contributed by atoms with Crippen LogP contribution in [0.25, 0.3) is 0 Å². The lowest BCUT2D eigenvalue weighted by atomic mass is 9.43. The number of methoxy groups -OCH3 is 1. The minimum Gasteiger partial charge on any atom is -0.458 e. The number of carbonyl (C=O) groups excluding carboxylic acids is 1. The third kappa shape index (κ3) is 4.09. The Morgan fingerprint density at radius 3 is 2.54 bits per heavy atom. The SMILES string of the molecule is CO[C@H]1[C@H](O)[C@H](O[C@@H]2CC[C@@]3(CO)[C@H](CC[C@@H]4[C@@H]3CC[C@]3(C)[C@H](C5=CC(=O)OC5)CC[C@]43O)C2)O[C@@H](C)[C@@H]1O. The quantitative estimate of drug-likeness (QED) is 0.300. The van der Waals surface area contributed by atoms with Gasteiger partial charge in [-0.15, -0.1) is 0 Å². The molecule has 2 heterocycles. The second kappa shape index (κ2) is 10.0. The Bertz CT molecular complexity index is 985. The van der Waals surface area contributed by atoms with E-state index < -0.39 is 36.3 Å². The van der Waals surface area contributed by atoms with E-state index >= 15 is 0 Å². The number of cyclic esters (lactones) is 1. The van der Waals surface area contributed by atoms with E-state index in [0.29, 0.717) is 6.61 Å². The maximum absolute atomic E-state index is 12.4. The molecule has 5 fully saturated rings. The van der Waals surface area contributed by atoms with Crippen LogP contribution in [0.15, 0.2) is 11.6 Å². The van der Waals surface area contributed by atoms with E-state index in [2.05, 4.69) is 6.92 Å². The van der Waals surface area contributed by atoms with Crippen LogP contribution in [0.5, 0.6) is 0 Å². The van der Waals surface area contributed by atoms with Crippen molar-refractivity contribution >= 4 is 5.97 Å². The van der Waals surface area contributed by atoms with Gasteiger partial charge < -0.3 is 39.4 Å². The molecule has 0 spiro atoms. The Kier molecular flexibility index (Phi) is 7.22. The van der Waals surface area contributed by atoms with Gasteiger partial charge in [0.1, 0.15) is 24.9 Å². The Labute approximate surface area is 230 Å². The van der Waals surface area contributed by atoms with Crippen LogP contribution in [0.3, 0.4) is 0 Å². The van der Waals surface area contributed by atoms with Gasteiger partial charge in [0.25, 0.3) is 0 Å². The van der Waals surface area contributed by atoms with Gasteiger partial charge in [0.05, 0.1) is 17.8 Å². The highest BCUT2D eigenvalue weighted by Gasteiger charge is 2.68. The average molecular weight is 551 g/mol. The molecular formula is C30H46O9. The molecule has 0 unspecified atom stereocenters. The first kappa shape index (κ1) is 28.1. The van der Waals surface area contributed by atoms with Gasteiger partial charge in [-0.25, -0.2) is 4.79 Å². The van der Waals surface area contributed by atoms with Crippen molar-refractivity contribution < 1.29 is 44.2 Å². The van der Waals surface area contributed by atoms with E-state index in [1.165, 1.54) is 7.11 Å². The van der Waals surface area contributed by atoms with Crippen molar-refractivity contribution in [2.45, 2.75) is 114 Å². The molecule has 4 saturated carbocycles. The predicted octanol–water partition coefficient (Wildman–Crippen LogP) is 2.08. The van der Waals surface area contributed by atoms with Gasteiger partial charge in [0.15, 0.2) is 6.29 Å². The standard InChI is InChI=1S/C30H46O9/c1-16-24(33)26(36-3)25(34)27(38-16)39-19-6-10-29(15-31)18(13-19)4-5-22-21(29)7-9-28(2)20(8-11-30(22,28)35)17-12-23(32)37-14-17/h12,16,18-22,24-27,31,33-35H,4-11,13-15H2,1-3H3/t16-,18+,19+,20-,21-,22+,24-,25-,26+,27-,28+,29+,30-/m0/s1. The Hall–Kier alpha value is -1.07. The molecule has 4 aliphatic carbocycles. The molecule has 0 aromatic carbocycles. The second-order valence-corrected chi connectivity index (χ2v) is 13.6. The first-order chi connectivity index (χ1) is 18.6. The molecule has 9 heteroatoms. The zero-order valence-electron chi connectivity index (χ0n) is 23.5. The molecule has 9 nitrogen and oxygen atoms in total. The highest BCUT2D eigenvalue weighted by Crippen LogP contribution is 2.70. The number of hydrogen-bond donors (Lipinski definition) is 4. The fraction of sp³-hybridized carbons (Fsp3) is 0.900. The largest absolute Gasteiger partial charge is 0.458 e. The van der Waals surface area contributed by atoms with Crippen molar-refractivity contribution in [3.63, 3.8) is 0 Å². The molecule has 39 heavy (non-hydrogen) atoms. The van der Waals surface area contributed by atoms with Crippen LogP contribution < -0.4 is 0 Å². The molecular weight excluding hydrogens is 504 g/mol. The smallest absolute Gasteiger partial charge is 0.331 e. The summed E-state index contributed by atoms with van der Waals surface area (Å²) in [5.74, 6) is 0.498. The topological polar surface area (TPSA) is 135 Å². The van der Waals surface area contributed by atoms with Crippen LogP contribution in [0.2, 0.25) is 0 Å². The minimum atomic E-state index is -1.09. The number of hydrogen-bond acceptors (Lipinski definition) is 9. The first-order valence-corrected chi connectivity index (χ1v) is 15.0. The maximum Gasteiger partial charge on any atom is 0.331 e. The fourth-order valence-electron chi connectivity index (χ4n) is 10.2. The van der Waals surface area contributed by atoms with Gasteiger partial charge in [-0.3, -0.25) is 0 Å². The molecule has 6 aliphatic rings. The molecule has 0 aromatic rings. The van der Waals surface area contributed by atoms with Crippen LogP contribution in [-0.2, 0) is 23.7 Å².